The van der Waals surface area contributed by atoms with Crippen LogP contribution in [0.15, 0.2) is 42.5 Å². The van der Waals surface area contributed by atoms with E-state index in [4.69, 9.17) is 4.74 Å². The topological polar surface area (TPSA) is 84.7 Å². The Morgan fingerprint density at radius 1 is 1.36 bits per heavy atom. The molecular formula is C18H19N3O4. The summed E-state index contributed by atoms with van der Waals surface area (Å²) < 4.78 is 5.00. The summed E-state index contributed by atoms with van der Waals surface area (Å²) in [6.07, 6.45) is 0.881. The Kier molecular flexibility index (Phi) is 4.56. The molecule has 0 saturated heterocycles. The van der Waals surface area contributed by atoms with Gasteiger partial charge in [-0.25, -0.2) is 0 Å². The quantitative estimate of drug-likeness (QED) is 0.667. The number of fused-ring (bicyclic) bond motifs is 1. The van der Waals surface area contributed by atoms with Gasteiger partial charge >= 0.3 is 0 Å². The number of amides is 1. The normalized spacial score (nSPS) is 15.6. The monoisotopic (exact) mass is 341 g/mol. The van der Waals surface area contributed by atoms with Crippen LogP contribution in [0, 0.1) is 10.1 Å². The summed E-state index contributed by atoms with van der Waals surface area (Å²) in [7, 11) is 1.43. The highest BCUT2D eigenvalue weighted by molar-refractivity contribution is 5.96. The zero-order valence-corrected chi connectivity index (χ0v) is 14.1. The van der Waals surface area contributed by atoms with Crippen molar-refractivity contribution in [1.29, 1.82) is 0 Å². The number of nitrogens with zero attached hydrogens (tertiary/aromatic N) is 2. The third kappa shape index (κ3) is 3.40. The number of hydrogen-bond acceptors (Lipinski definition) is 5. The van der Waals surface area contributed by atoms with Crippen LogP contribution in [-0.4, -0.2) is 30.5 Å². The van der Waals surface area contributed by atoms with E-state index in [-0.39, 0.29) is 29.9 Å². The second-order valence-corrected chi connectivity index (χ2v) is 6.00. The predicted molar refractivity (Wildman–Crippen MR) is 95.2 cm³/mol. The van der Waals surface area contributed by atoms with E-state index in [9.17, 15) is 14.9 Å². The molecule has 0 fully saturated rings. The maximum atomic E-state index is 12.4. The first-order valence-corrected chi connectivity index (χ1v) is 7.96. The van der Waals surface area contributed by atoms with Crippen LogP contribution >= 0.6 is 0 Å². The van der Waals surface area contributed by atoms with Crippen molar-refractivity contribution in [2.24, 2.45) is 0 Å². The molecule has 0 spiro atoms. The molecule has 7 nitrogen and oxygen atoms in total. The molecule has 2 aromatic carbocycles. The van der Waals surface area contributed by atoms with Crippen LogP contribution in [0.1, 0.15) is 12.5 Å². The van der Waals surface area contributed by atoms with E-state index in [0.717, 1.165) is 12.1 Å². The Hall–Kier alpha value is -3.09. The number of methoxy groups -OCH3 is 1. The standard InChI is InChI=1S/C18H19N3O4/c1-12-9-13-5-3-4-6-16(13)20(12)11-18(22)19-15-8-7-14(25-2)10-17(15)21(23)24/h3-8,10,12H,9,11H2,1-2H3,(H,19,22). The summed E-state index contributed by atoms with van der Waals surface area (Å²) in [6, 6.07) is 12.5. The maximum absolute atomic E-state index is 12.4. The van der Waals surface area contributed by atoms with Gasteiger partial charge < -0.3 is 15.0 Å². The molecule has 1 aliphatic heterocycles. The van der Waals surface area contributed by atoms with Gasteiger partial charge in [-0.3, -0.25) is 14.9 Å². The summed E-state index contributed by atoms with van der Waals surface area (Å²) in [5, 5.41) is 13.9. The first-order valence-electron chi connectivity index (χ1n) is 7.96. The average Bonchev–Trinajstić information content (AvgIpc) is 2.90. The lowest BCUT2D eigenvalue weighted by atomic mass is 10.1. The SMILES string of the molecule is COc1ccc(NC(=O)CN2c3ccccc3CC2C)c([N+](=O)[O-])c1. The number of carbonyl (C=O) groups is 1. The molecular weight excluding hydrogens is 322 g/mol. The number of nitro benzene ring substituents is 1. The van der Waals surface area contributed by atoms with Gasteiger partial charge in [-0.05, 0) is 37.1 Å². The van der Waals surface area contributed by atoms with Crippen LogP contribution in [0.2, 0.25) is 0 Å². The maximum Gasteiger partial charge on any atom is 0.296 e. The van der Waals surface area contributed by atoms with Gasteiger partial charge in [0.1, 0.15) is 11.4 Å². The number of hydrogen-bond donors (Lipinski definition) is 1. The molecule has 0 radical (unpaired) electrons. The van der Waals surface area contributed by atoms with Crippen molar-refractivity contribution in [3.8, 4) is 5.75 Å². The molecule has 3 rings (SSSR count). The molecule has 1 aliphatic rings. The van der Waals surface area contributed by atoms with Crippen LogP contribution in [0.25, 0.3) is 0 Å². The van der Waals surface area contributed by atoms with E-state index >= 15 is 0 Å². The molecule has 0 bridgehead atoms. The molecule has 130 valence electrons. The molecule has 1 amide bonds. The largest absolute Gasteiger partial charge is 0.496 e. The summed E-state index contributed by atoms with van der Waals surface area (Å²) in [5.74, 6) is 0.0728. The van der Waals surface area contributed by atoms with Crippen molar-refractivity contribution < 1.29 is 14.5 Å². The van der Waals surface area contributed by atoms with Gasteiger partial charge in [0, 0.05) is 11.7 Å². The highest BCUT2D eigenvalue weighted by Gasteiger charge is 2.27. The molecule has 7 heteroatoms. The summed E-state index contributed by atoms with van der Waals surface area (Å²) in [4.78, 5) is 25.1. The molecule has 1 atom stereocenters. The number of para-hydroxylation sites is 1. The number of ether oxygens (including phenoxy) is 1. The highest BCUT2D eigenvalue weighted by atomic mass is 16.6. The Morgan fingerprint density at radius 3 is 2.84 bits per heavy atom. The number of rotatable bonds is 5. The summed E-state index contributed by atoms with van der Waals surface area (Å²) in [5.41, 5.74) is 2.21. The summed E-state index contributed by atoms with van der Waals surface area (Å²) in [6.45, 7) is 2.20. The minimum atomic E-state index is -0.536. The fraction of sp³-hybridized carbons (Fsp3) is 0.278. The van der Waals surface area contributed by atoms with Gasteiger partial charge in [0.25, 0.3) is 5.69 Å². The van der Waals surface area contributed by atoms with Crippen molar-refractivity contribution >= 4 is 23.0 Å². The number of anilines is 2. The van der Waals surface area contributed by atoms with Gasteiger partial charge in [-0.15, -0.1) is 0 Å². The molecule has 0 saturated carbocycles. The van der Waals surface area contributed by atoms with Crippen LogP contribution in [0.4, 0.5) is 17.1 Å². The lowest BCUT2D eigenvalue weighted by molar-refractivity contribution is -0.384. The second-order valence-electron chi connectivity index (χ2n) is 6.00. The summed E-state index contributed by atoms with van der Waals surface area (Å²) >= 11 is 0. The van der Waals surface area contributed by atoms with Crippen molar-refractivity contribution in [3.63, 3.8) is 0 Å². The van der Waals surface area contributed by atoms with Crippen molar-refractivity contribution in [2.45, 2.75) is 19.4 Å². The van der Waals surface area contributed by atoms with E-state index in [1.807, 2.05) is 23.1 Å². The molecule has 1 unspecified atom stereocenters. The number of nitrogens with one attached hydrogen (secondary N) is 1. The molecule has 25 heavy (non-hydrogen) atoms. The van der Waals surface area contributed by atoms with Crippen molar-refractivity contribution in [2.75, 3.05) is 23.9 Å². The minimum absolute atomic E-state index is 0.140. The number of benzene rings is 2. The Bertz CT molecular complexity index is 822. The Labute approximate surface area is 145 Å². The lowest BCUT2D eigenvalue weighted by Crippen LogP contribution is -2.37. The Balaban J connectivity index is 1.76. The van der Waals surface area contributed by atoms with Crippen molar-refractivity contribution in [1.82, 2.24) is 0 Å². The fourth-order valence-corrected chi connectivity index (χ4v) is 3.11. The predicted octanol–water partition coefficient (Wildman–Crippen LogP) is 2.99. The highest BCUT2D eigenvalue weighted by Crippen LogP contribution is 2.32. The third-order valence-corrected chi connectivity index (χ3v) is 4.34. The first-order chi connectivity index (χ1) is 12.0. The van der Waals surface area contributed by atoms with Crippen LogP contribution in [0.3, 0.4) is 0 Å². The smallest absolute Gasteiger partial charge is 0.296 e. The lowest BCUT2D eigenvalue weighted by Gasteiger charge is -2.24. The van der Waals surface area contributed by atoms with E-state index in [0.29, 0.717) is 5.75 Å². The van der Waals surface area contributed by atoms with E-state index in [2.05, 4.69) is 18.3 Å². The first kappa shape index (κ1) is 16.8. The van der Waals surface area contributed by atoms with Crippen molar-refractivity contribution in [3.05, 3.63) is 58.1 Å². The zero-order valence-electron chi connectivity index (χ0n) is 14.1. The van der Waals surface area contributed by atoms with Crippen LogP contribution < -0.4 is 15.0 Å². The van der Waals surface area contributed by atoms with E-state index in [1.54, 1.807) is 6.07 Å². The van der Waals surface area contributed by atoms with Gasteiger partial charge in [0.15, 0.2) is 0 Å². The molecule has 1 heterocycles. The van der Waals surface area contributed by atoms with Crippen LogP contribution in [-0.2, 0) is 11.2 Å². The van der Waals surface area contributed by atoms with Gasteiger partial charge in [0.05, 0.1) is 24.6 Å². The molecule has 2 aromatic rings. The van der Waals surface area contributed by atoms with Gasteiger partial charge in [-0.2, -0.15) is 0 Å². The average molecular weight is 341 g/mol. The molecule has 0 aromatic heterocycles. The fourth-order valence-electron chi connectivity index (χ4n) is 3.11. The van der Waals surface area contributed by atoms with E-state index < -0.39 is 4.92 Å². The molecule has 0 aliphatic carbocycles. The Morgan fingerprint density at radius 2 is 2.12 bits per heavy atom. The zero-order chi connectivity index (χ0) is 18.0. The van der Waals surface area contributed by atoms with Crippen LogP contribution in [0.5, 0.6) is 5.75 Å². The number of nitro groups is 1. The third-order valence-electron chi connectivity index (χ3n) is 4.34. The van der Waals surface area contributed by atoms with Gasteiger partial charge in [0.2, 0.25) is 5.91 Å². The molecule has 1 N–H and O–H groups in total. The number of carbonyl (C=O) groups excluding carboxylic acids is 1. The van der Waals surface area contributed by atoms with E-state index in [1.165, 1.54) is 24.8 Å². The van der Waals surface area contributed by atoms with Gasteiger partial charge in [-0.1, -0.05) is 18.2 Å². The second kappa shape index (κ2) is 6.80. The minimum Gasteiger partial charge on any atom is -0.496 e.